The van der Waals surface area contributed by atoms with Crippen LogP contribution in [0.15, 0.2) is 18.2 Å². The van der Waals surface area contributed by atoms with Crippen molar-refractivity contribution in [1.29, 1.82) is 0 Å². The lowest BCUT2D eigenvalue weighted by atomic mass is 10.0. The minimum Gasteiger partial charge on any atom is -0.377 e. The Balaban J connectivity index is 1.92. The molecule has 0 atom stereocenters. The second kappa shape index (κ2) is 7.22. The Morgan fingerprint density at radius 3 is 2.61 bits per heavy atom. The van der Waals surface area contributed by atoms with Gasteiger partial charge in [-0.25, -0.2) is 8.42 Å². The number of likely N-dealkylation sites (tertiary alicyclic amines) is 1. The van der Waals surface area contributed by atoms with Crippen LogP contribution in [0.3, 0.4) is 0 Å². The number of rotatable bonds is 6. The first-order valence-corrected chi connectivity index (χ1v) is 9.42. The zero-order valence-electron chi connectivity index (χ0n) is 12.9. The van der Waals surface area contributed by atoms with E-state index in [0.717, 1.165) is 18.9 Å². The van der Waals surface area contributed by atoms with Gasteiger partial charge in [0.2, 0.25) is 5.82 Å². The maximum absolute atomic E-state index is 13.6. The highest BCUT2D eigenvalue weighted by Gasteiger charge is 2.24. The molecule has 2 rings (SSSR count). The number of nitro benzene ring substituents is 1. The first-order valence-electron chi connectivity index (χ1n) is 7.36. The number of hydrogen-bond donors (Lipinski definition) is 1. The van der Waals surface area contributed by atoms with Crippen LogP contribution in [0.5, 0.6) is 0 Å². The van der Waals surface area contributed by atoms with E-state index in [2.05, 4.69) is 10.2 Å². The molecule has 9 heteroatoms. The Kier molecular flexibility index (Phi) is 5.53. The maximum Gasteiger partial charge on any atom is 0.327 e. The molecule has 1 aromatic rings. The number of para-hydroxylation sites is 1. The van der Waals surface area contributed by atoms with Crippen molar-refractivity contribution in [3.05, 3.63) is 34.1 Å². The molecule has 1 aromatic carbocycles. The maximum atomic E-state index is 13.6. The van der Waals surface area contributed by atoms with Gasteiger partial charge in [-0.2, -0.15) is 4.39 Å². The van der Waals surface area contributed by atoms with Crippen LogP contribution in [-0.4, -0.2) is 55.9 Å². The van der Waals surface area contributed by atoms with Crippen LogP contribution >= 0.6 is 0 Å². The number of sulfone groups is 1. The van der Waals surface area contributed by atoms with Crippen molar-refractivity contribution >= 4 is 21.2 Å². The highest BCUT2D eigenvalue weighted by atomic mass is 32.2. The molecule has 1 fully saturated rings. The number of hydrogen-bond acceptors (Lipinski definition) is 6. The highest BCUT2D eigenvalue weighted by molar-refractivity contribution is 7.90. The summed E-state index contributed by atoms with van der Waals surface area (Å²) in [5, 5.41) is 14.0. The molecule has 128 valence electrons. The number of nitrogens with one attached hydrogen (secondary N) is 1. The van der Waals surface area contributed by atoms with E-state index in [4.69, 9.17) is 0 Å². The number of halogens is 1. The fourth-order valence-corrected chi connectivity index (χ4v) is 3.22. The van der Waals surface area contributed by atoms with Crippen LogP contribution in [0.1, 0.15) is 12.8 Å². The number of nitro groups is 1. The minimum atomic E-state index is -2.98. The monoisotopic (exact) mass is 345 g/mol. The lowest BCUT2D eigenvalue weighted by Crippen LogP contribution is -2.41. The van der Waals surface area contributed by atoms with Gasteiger partial charge < -0.3 is 10.2 Å². The molecule has 0 bridgehead atoms. The molecule has 1 saturated heterocycles. The van der Waals surface area contributed by atoms with E-state index >= 15 is 0 Å². The summed E-state index contributed by atoms with van der Waals surface area (Å²) in [5.74, 6) is -0.730. The molecular weight excluding hydrogens is 325 g/mol. The summed E-state index contributed by atoms with van der Waals surface area (Å²) in [4.78, 5) is 12.3. The highest BCUT2D eigenvalue weighted by Crippen LogP contribution is 2.29. The first kappa shape index (κ1) is 17.6. The second-order valence-corrected chi connectivity index (χ2v) is 8.04. The largest absolute Gasteiger partial charge is 0.377 e. The SMILES string of the molecule is CS(=O)(=O)CCN1CCC(Nc2cccc(F)c2[N+](=O)[O-])CC1. The molecule has 0 saturated carbocycles. The normalized spacial score (nSPS) is 17.1. The summed E-state index contributed by atoms with van der Waals surface area (Å²) in [5.41, 5.74) is -0.350. The van der Waals surface area contributed by atoms with Gasteiger partial charge >= 0.3 is 5.69 Å². The van der Waals surface area contributed by atoms with Gasteiger partial charge in [0.15, 0.2) is 0 Å². The van der Waals surface area contributed by atoms with Crippen molar-refractivity contribution in [3.8, 4) is 0 Å². The Hall–Kier alpha value is -1.74. The summed E-state index contributed by atoms with van der Waals surface area (Å²) >= 11 is 0. The van der Waals surface area contributed by atoms with Crippen LogP contribution < -0.4 is 5.32 Å². The predicted octanol–water partition coefficient (Wildman–Crippen LogP) is 1.65. The summed E-state index contributed by atoms with van der Waals surface area (Å²) in [6, 6.07) is 4.00. The fourth-order valence-electron chi connectivity index (χ4n) is 2.63. The molecule has 0 spiro atoms. The number of benzene rings is 1. The Labute approximate surface area is 134 Å². The van der Waals surface area contributed by atoms with Gasteiger partial charge in [0.05, 0.1) is 10.7 Å². The van der Waals surface area contributed by atoms with Crippen LogP contribution in [0.25, 0.3) is 0 Å². The molecule has 7 nitrogen and oxygen atoms in total. The van der Waals surface area contributed by atoms with Crippen LogP contribution in [0, 0.1) is 15.9 Å². The Morgan fingerprint density at radius 2 is 2.04 bits per heavy atom. The van der Waals surface area contributed by atoms with Crippen molar-refractivity contribution in [1.82, 2.24) is 4.90 Å². The van der Waals surface area contributed by atoms with Gasteiger partial charge in [-0.1, -0.05) is 6.07 Å². The third kappa shape index (κ3) is 5.14. The van der Waals surface area contributed by atoms with Crippen LogP contribution in [-0.2, 0) is 9.84 Å². The molecule has 1 N–H and O–H groups in total. The van der Waals surface area contributed by atoms with Gasteiger partial charge in [0.25, 0.3) is 0 Å². The number of anilines is 1. The van der Waals surface area contributed by atoms with Crippen LogP contribution in [0.2, 0.25) is 0 Å². The molecular formula is C14H20FN3O4S. The van der Waals surface area contributed by atoms with E-state index in [1.165, 1.54) is 18.4 Å². The van der Waals surface area contributed by atoms with Gasteiger partial charge in [0.1, 0.15) is 15.5 Å². The number of piperidine rings is 1. The zero-order valence-corrected chi connectivity index (χ0v) is 13.7. The molecule has 0 radical (unpaired) electrons. The van der Waals surface area contributed by atoms with E-state index in [9.17, 15) is 22.9 Å². The van der Waals surface area contributed by atoms with Crippen molar-refractivity contribution in [2.75, 3.05) is 37.0 Å². The summed E-state index contributed by atoms with van der Waals surface area (Å²) < 4.78 is 35.9. The molecule has 23 heavy (non-hydrogen) atoms. The van der Waals surface area contributed by atoms with Gasteiger partial charge in [-0.3, -0.25) is 10.1 Å². The fraction of sp³-hybridized carbons (Fsp3) is 0.571. The van der Waals surface area contributed by atoms with Gasteiger partial charge in [0, 0.05) is 31.9 Å². The van der Waals surface area contributed by atoms with Crippen molar-refractivity contribution in [2.24, 2.45) is 0 Å². The molecule has 1 aliphatic heterocycles. The first-order chi connectivity index (χ1) is 10.8. The second-order valence-electron chi connectivity index (χ2n) is 5.78. The molecule has 0 amide bonds. The lowest BCUT2D eigenvalue weighted by molar-refractivity contribution is -0.386. The van der Waals surface area contributed by atoms with Crippen molar-refractivity contribution in [2.45, 2.75) is 18.9 Å². The van der Waals surface area contributed by atoms with E-state index < -0.39 is 26.3 Å². The third-order valence-corrected chi connectivity index (χ3v) is 4.82. The third-order valence-electron chi connectivity index (χ3n) is 3.89. The predicted molar refractivity (Wildman–Crippen MR) is 85.8 cm³/mol. The average molecular weight is 345 g/mol. The summed E-state index contributed by atoms with van der Waals surface area (Å²) in [7, 11) is -2.98. The molecule has 1 heterocycles. The molecule has 0 unspecified atom stereocenters. The quantitative estimate of drug-likeness (QED) is 0.622. The van der Waals surface area contributed by atoms with Crippen molar-refractivity contribution < 1.29 is 17.7 Å². The topological polar surface area (TPSA) is 92.6 Å². The van der Waals surface area contributed by atoms with E-state index in [0.29, 0.717) is 19.6 Å². The van der Waals surface area contributed by atoms with Crippen molar-refractivity contribution in [3.63, 3.8) is 0 Å². The van der Waals surface area contributed by atoms with E-state index in [1.807, 2.05) is 0 Å². The van der Waals surface area contributed by atoms with E-state index in [1.54, 1.807) is 0 Å². The Morgan fingerprint density at radius 1 is 1.39 bits per heavy atom. The van der Waals surface area contributed by atoms with Gasteiger partial charge in [-0.15, -0.1) is 0 Å². The molecule has 1 aliphatic rings. The van der Waals surface area contributed by atoms with Crippen LogP contribution in [0.4, 0.5) is 15.8 Å². The summed E-state index contributed by atoms with van der Waals surface area (Å²) in [6.45, 7) is 1.90. The lowest BCUT2D eigenvalue weighted by Gasteiger charge is -2.32. The molecule has 0 aliphatic carbocycles. The zero-order chi connectivity index (χ0) is 17.0. The number of nitrogens with zero attached hydrogens (tertiary/aromatic N) is 2. The molecule has 0 aromatic heterocycles. The summed E-state index contributed by atoms with van der Waals surface area (Å²) in [6.07, 6.45) is 2.65. The smallest absolute Gasteiger partial charge is 0.327 e. The standard InChI is InChI=1S/C14H20FN3O4S/c1-23(21,22)10-9-17-7-5-11(6-8-17)16-13-4-2-3-12(15)14(13)18(19)20/h2-4,11,16H,5-10H2,1H3. The van der Waals surface area contributed by atoms with E-state index in [-0.39, 0.29) is 17.5 Å². The minimum absolute atomic E-state index is 0.00461. The van der Waals surface area contributed by atoms with Gasteiger partial charge in [-0.05, 0) is 25.0 Å². The average Bonchev–Trinajstić information content (AvgIpc) is 2.45. The Bertz CT molecular complexity index is 673.